The maximum absolute atomic E-state index is 13.6. The molecule has 0 N–H and O–H groups in total. The quantitative estimate of drug-likeness (QED) is 0.336. The summed E-state index contributed by atoms with van der Waals surface area (Å²) in [5, 5.41) is 1.33. The van der Waals surface area contributed by atoms with Gasteiger partial charge in [-0.3, -0.25) is 9.36 Å². The van der Waals surface area contributed by atoms with Crippen molar-refractivity contribution in [3.05, 3.63) is 117 Å². The third-order valence-corrected chi connectivity index (χ3v) is 5.82. The molecule has 5 rings (SSSR count). The summed E-state index contributed by atoms with van der Waals surface area (Å²) in [4.78, 5) is 18.1. The van der Waals surface area contributed by atoms with Crippen LogP contribution in [-0.2, 0) is 6.54 Å². The van der Waals surface area contributed by atoms with Crippen LogP contribution in [0.5, 0.6) is 0 Å². The molecule has 0 aliphatic rings. The van der Waals surface area contributed by atoms with Gasteiger partial charge in [0, 0.05) is 11.6 Å². The van der Waals surface area contributed by atoms with Gasteiger partial charge in [-0.25, -0.2) is 4.98 Å². The minimum absolute atomic E-state index is 0.190. The first-order valence-corrected chi connectivity index (χ1v) is 10.9. The van der Waals surface area contributed by atoms with E-state index in [0.717, 1.165) is 33.3 Å². The van der Waals surface area contributed by atoms with Crippen LogP contribution in [0, 0.1) is 13.8 Å². The zero-order valence-electron chi connectivity index (χ0n) is 17.9. The van der Waals surface area contributed by atoms with Crippen molar-refractivity contribution in [3.8, 4) is 17.1 Å². The normalized spacial score (nSPS) is 11.2. The lowest BCUT2D eigenvalue weighted by Gasteiger charge is -2.13. The molecule has 0 saturated heterocycles. The number of fused-ring (bicyclic) bond motifs is 1. The summed E-state index contributed by atoms with van der Waals surface area (Å²) in [6.45, 7) is 4.54. The number of nitrogens with zero attached hydrogens (tertiary/aromatic N) is 3. The van der Waals surface area contributed by atoms with Crippen LogP contribution in [-0.4, -0.2) is 14.1 Å². The minimum Gasteiger partial charge on any atom is -0.305 e. The standard InChI is InChI=1S/C27H22ClN3O/c1-18-8-11-21(12-9-18)24-15-22-14-19(2)10-13-23(22)31(24)26-27(32)30(17-25(28)29-26)16-20-6-4-3-5-7-20/h3-15,17H,16H2,1-2H3. The van der Waals surface area contributed by atoms with Gasteiger partial charge < -0.3 is 4.57 Å². The first-order valence-electron chi connectivity index (χ1n) is 10.5. The van der Waals surface area contributed by atoms with Crippen LogP contribution < -0.4 is 5.56 Å². The van der Waals surface area contributed by atoms with Crippen molar-refractivity contribution >= 4 is 22.5 Å². The number of aryl methyl sites for hydroxylation is 2. The molecule has 32 heavy (non-hydrogen) atoms. The number of hydrogen-bond donors (Lipinski definition) is 0. The van der Waals surface area contributed by atoms with Gasteiger partial charge in [0.15, 0.2) is 0 Å². The average Bonchev–Trinajstić information content (AvgIpc) is 3.15. The summed E-state index contributed by atoms with van der Waals surface area (Å²) in [6, 6.07) is 26.5. The van der Waals surface area contributed by atoms with Gasteiger partial charge in [-0.2, -0.15) is 0 Å². The molecule has 0 amide bonds. The molecule has 0 spiro atoms. The number of hydrogen-bond acceptors (Lipinski definition) is 2. The van der Waals surface area contributed by atoms with Crippen LogP contribution in [0.4, 0.5) is 0 Å². The van der Waals surface area contributed by atoms with E-state index in [4.69, 9.17) is 11.6 Å². The van der Waals surface area contributed by atoms with E-state index in [1.807, 2.05) is 47.0 Å². The molecular weight excluding hydrogens is 418 g/mol. The van der Waals surface area contributed by atoms with Crippen molar-refractivity contribution in [2.24, 2.45) is 0 Å². The predicted octanol–water partition coefficient (Wildman–Crippen LogP) is 6.17. The number of aromatic nitrogens is 3. The Labute approximate surface area is 191 Å². The van der Waals surface area contributed by atoms with Gasteiger partial charge in [0.1, 0.15) is 5.15 Å². The Hall–Kier alpha value is -3.63. The van der Waals surface area contributed by atoms with Gasteiger partial charge in [0.25, 0.3) is 5.56 Å². The fraction of sp³-hybridized carbons (Fsp3) is 0.111. The Bertz CT molecular complexity index is 1480. The van der Waals surface area contributed by atoms with Crippen molar-refractivity contribution < 1.29 is 0 Å². The first kappa shape index (κ1) is 20.3. The van der Waals surface area contributed by atoms with Crippen LogP contribution in [0.1, 0.15) is 16.7 Å². The lowest BCUT2D eigenvalue weighted by molar-refractivity contribution is 0.737. The van der Waals surface area contributed by atoms with Gasteiger partial charge in [0.05, 0.1) is 17.8 Å². The summed E-state index contributed by atoms with van der Waals surface area (Å²) in [6.07, 6.45) is 1.60. The molecule has 5 heteroatoms. The van der Waals surface area contributed by atoms with Crippen molar-refractivity contribution in [3.63, 3.8) is 0 Å². The van der Waals surface area contributed by atoms with Crippen LogP contribution in [0.15, 0.2) is 89.9 Å². The zero-order valence-corrected chi connectivity index (χ0v) is 18.7. The van der Waals surface area contributed by atoms with Crippen LogP contribution in [0.3, 0.4) is 0 Å². The number of benzene rings is 3. The molecule has 2 heterocycles. The van der Waals surface area contributed by atoms with E-state index in [0.29, 0.717) is 12.4 Å². The van der Waals surface area contributed by atoms with Crippen LogP contribution >= 0.6 is 11.6 Å². The van der Waals surface area contributed by atoms with Gasteiger partial charge in [0.2, 0.25) is 5.82 Å². The van der Waals surface area contributed by atoms with E-state index >= 15 is 0 Å². The molecule has 5 aromatic rings. The van der Waals surface area contributed by atoms with E-state index in [1.54, 1.807) is 10.8 Å². The Morgan fingerprint density at radius 3 is 2.34 bits per heavy atom. The topological polar surface area (TPSA) is 39.8 Å². The SMILES string of the molecule is Cc1ccc(-c2cc3cc(C)ccc3n2-c2nc(Cl)cn(Cc3ccccc3)c2=O)cc1. The molecule has 0 saturated carbocycles. The fourth-order valence-electron chi connectivity index (χ4n) is 4.04. The third-order valence-electron chi connectivity index (χ3n) is 5.64. The highest BCUT2D eigenvalue weighted by molar-refractivity contribution is 6.29. The highest BCUT2D eigenvalue weighted by atomic mass is 35.5. The lowest BCUT2D eigenvalue weighted by Crippen LogP contribution is -2.26. The van der Waals surface area contributed by atoms with E-state index in [1.165, 1.54) is 5.56 Å². The van der Waals surface area contributed by atoms with E-state index in [2.05, 4.69) is 55.2 Å². The zero-order chi connectivity index (χ0) is 22.2. The molecular formula is C27H22ClN3O. The first-order chi connectivity index (χ1) is 15.5. The number of rotatable bonds is 4. The lowest BCUT2D eigenvalue weighted by atomic mass is 10.1. The molecule has 0 fully saturated rings. The molecule has 3 aromatic carbocycles. The van der Waals surface area contributed by atoms with Gasteiger partial charge >= 0.3 is 0 Å². The Balaban J connectivity index is 1.76. The summed E-state index contributed by atoms with van der Waals surface area (Å²) < 4.78 is 3.55. The maximum Gasteiger partial charge on any atom is 0.294 e. The molecule has 0 unspecified atom stereocenters. The van der Waals surface area contributed by atoms with Crippen LogP contribution in [0.25, 0.3) is 28.0 Å². The molecule has 0 aliphatic heterocycles. The molecule has 4 nitrogen and oxygen atoms in total. The summed E-state index contributed by atoms with van der Waals surface area (Å²) in [5.41, 5.74) is 6.01. The Morgan fingerprint density at radius 1 is 0.875 bits per heavy atom. The monoisotopic (exact) mass is 439 g/mol. The molecule has 158 valence electrons. The van der Waals surface area contributed by atoms with Crippen molar-refractivity contribution in [2.45, 2.75) is 20.4 Å². The molecule has 0 aliphatic carbocycles. The van der Waals surface area contributed by atoms with Gasteiger partial charge in [-0.15, -0.1) is 0 Å². The summed E-state index contributed by atoms with van der Waals surface area (Å²) in [5.74, 6) is 0.294. The van der Waals surface area contributed by atoms with Crippen molar-refractivity contribution in [2.75, 3.05) is 0 Å². The summed E-state index contributed by atoms with van der Waals surface area (Å²) in [7, 11) is 0. The average molecular weight is 440 g/mol. The smallest absolute Gasteiger partial charge is 0.294 e. The second-order valence-corrected chi connectivity index (χ2v) is 8.49. The van der Waals surface area contributed by atoms with Crippen molar-refractivity contribution in [1.82, 2.24) is 14.1 Å². The Morgan fingerprint density at radius 2 is 1.59 bits per heavy atom. The number of halogens is 1. The van der Waals surface area contributed by atoms with Gasteiger partial charge in [-0.1, -0.05) is 83.4 Å². The summed E-state index contributed by atoms with van der Waals surface area (Å²) >= 11 is 6.42. The maximum atomic E-state index is 13.6. The van der Waals surface area contributed by atoms with E-state index in [9.17, 15) is 4.79 Å². The van der Waals surface area contributed by atoms with Gasteiger partial charge in [-0.05, 0) is 43.2 Å². The molecule has 2 aromatic heterocycles. The van der Waals surface area contributed by atoms with E-state index in [-0.39, 0.29) is 10.7 Å². The van der Waals surface area contributed by atoms with Crippen molar-refractivity contribution in [1.29, 1.82) is 0 Å². The molecule has 0 bridgehead atoms. The molecule has 0 atom stereocenters. The Kier molecular flexibility index (Phi) is 5.16. The second-order valence-electron chi connectivity index (χ2n) is 8.10. The van der Waals surface area contributed by atoms with Crippen LogP contribution in [0.2, 0.25) is 5.15 Å². The highest BCUT2D eigenvalue weighted by Crippen LogP contribution is 2.31. The molecule has 0 radical (unpaired) electrons. The minimum atomic E-state index is -0.190. The fourth-order valence-corrected chi connectivity index (χ4v) is 4.23. The highest BCUT2D eigenvalue weighted by Gasteiger charge is 2.18. The second kappa shape index (κ2) is 8.13. The largest absolute Gasteiger partial charge is 0.305 e. The third kappa shape index (κ3) is 3.74. The predicted molar refractivity (Wildman–Crippen MR) is 131 cm³/mol. The van der Waals surface area contributed by atoms with E-state index < -0.39 is 0 Å².